The molecular weight excluding hydrogens is 374 g/mol. The predicted octanol–water partition coefficient (Wildman–Crippen LogP) is 5.73. The zero-order chi connectivity index (χ0) is 20.9. The SMILES string of the molecule is CCOCCOc1ccccc1CNc1ccccc1OCCCc1ccccc1. The van der Waals surface area contributed by atoms with E-state index in [9.17, 15) is 0 Å². The fourth-order valence-electron chi connectivity index (χ4n) is 3.18. The quantitative estimate of drug-likeness (QED) is 0.369. The highest BCUT2D eigenvalue weighted by Crippen LogP contribution is 2.26. The number of aryl methyl sites for hydroxylation is 1. The van der Waals surface area contributed by atoms with Gasteiger partial charge in [-0.2, -0.15) is 0 Å². The van der Waals surface area contributed by atoms with Gasteiger partial charge in [0, 0.05) is 18.7 Å². The lowest BCUT2D eigenvalue weighted by Crippen LogP contribution is -2.09. The molecule has 1 N–H and O–H groups in total. The van der Waals surface area contributed by atoms with Crippen LogP contribution in [0.5, 0.6) is 11.5 Å². The average molecular weight is 406 g/mol. The lowest BCUT2D eigenvalue weighted by molar-refractivity contribution is 0.110. The van der Waals surface area contributed by atoms with Gasteiger partial charge in [0.2, 0.25) is 0 Å². The van der Waals surface area contributed by atoms with Gasteiger partial charge in [-0.15, -0.1) is 0 Å². The Kier molecular flexibility index (Phi) is 9.09. The Morgan fingerprint density at radius 2 is 1.40 bits per heavy atom. The second-order valence-electron chi connectivity index (χ2n) is 6.94. The van der Waals surface area contributed by atoms with E-state index in [0.29, 0.717) is 33.0 Å². The highest BCUT2D eigenvalue weighted by Gasteiger charge is 2.06. The van der Waals surface area contributed by atoms with Gasteiger partial charge >= 0.3 is 0 Å². The molecule has 0 amide bonds. The van der Waals surface area contributed by atoms with E-state index in [2.05, 4.69) is 35.6 Å². The van der Waals surface area contributed by atoms with Gasteiger partial charge in [0.25, 0.3) is 0 Å². The normalized spacial score (nSPS) is 10.6. The molecule has 3 aromatic carbocycles. The fraction of sp³-hybridized carbons (Fsp3) is 0.308. The minimum Gasteiger partial charge on any atom is -0.491 e. The van der Waals surface area contributed by atoms with Crippen LogP contribution in [0.25, 0.3) is 0 Å². The topological polar surface area (TPSA) is 39.7 Å². The van der Waals surface area contributed by atoms with Gasteiger partial charge in [0.15, 0.2) is 0 Å². The number of benzene rings is 3. The van der Waals surface area contributed by atoms with Gasteiger partial charge < -0.3 is 19.5 Å². The van der Waals surface area contributed by atoms with Crippen LogP contribution in [0.3, 0.4) is 0 Å². The first kappa shape index (κ1) is 21.7. The molecule has 4 heteroatoms. The molecule has 0 unspecified atom stereocenters. The van der Waals surface area contributed by atoms with Gasteiger partial charge in [-0.1, -0.05) is 60.7 Å². The van der Waals surface area contributed by atoms with Crippen molar-refractivity contribution >= 4 is 5.69 Å². The number of hydrogen-bond acceptors (Lipinski definition) is 4. The van der Waals surface area contributed by atoms with E-state index in [1.807, 2.05) is 55.5 Å². The molecular formula is C26H31NO3. The molecule has 0 aliphatic carbocycles. The van der Waals surface area contributed by atoms with E-state index < -0.39 is 0 Å². The molecule has 0 atom stereocenters. The summed E-state index contributed by atoms with van der Waals surface area (Å²) in [5.41, 5.74) is 3.43. The molecule has 0 radical (unpaired) electrons. The molecule has 3 aromatic rings. The minimum atomic E-state index is 0.548. The summed E-state index contributed by atoms with van der Waals surface area (Å²) >= 11 is 0. The smallest absolute Gasteiger partial charge is 0.142 e. The van der Waals surface area contributed by atoms with Crippen molar-refractivity contribution < 1.29 is 14.2 Å². The van der Waals surface area contributed by atoms with E-state index in [4.69, 9.17) is 14.2 Å². The predicted molar refractivity (Wildman–Crippen MR) is 122 cm³/mol. The molecule has 0 fully saturated rings. The van der Waals surface area contributed by atoms with Gasteiger partial charge in [-0.05, 0) is 43.5 Å². The maximum Gasteiger partial charge on any atom is 0.142 e. The third-order valence-corrected chi connectivity index (χ3v) is 4.73. The average Bonchev–Trinajstić information content (AvgIpc) is 2.80. The molecule has 0 aliphatic rings. The van der Waals surface area contributed by atoms with Crippen LogP contribution in [0.4, 0.5) is 5.69 Å². The molecule has 3 rings (SSSR count). The third kappa shape index (κ3) is 7.12. The molecule has 158 valence electrons. The third-order valence-electron chi connectivity index (χ3n) is 4.73. The number of anilines is 1. The Bertz CT molecular complexity index is 867. The van der Waals surface area contributed by atoms with E-state index >= 15 is 0 Å². The van der Waals surface area contributed by atoms with Gasteiger partial charge in [0.1, 0.15) is 18.1 Å². The summed E-state index contributed by atoms with van der Waals surface area (Å²) in [6.07, 6.45) is 2.00. The highest BCUT2D eigenvalue weighted by molar-refractivity contribution is 5.56. The Balaban J connectivity index is 1.51. The number of rotatable bonds is 13. The van der Waals surface area contributed by atoms with E-state index in [1.54, 1.807) is 0 Å². The summed E-state index contributed by atoms with van der Waals surface area (Å²) in [5.74, 6) is 1.76. The maximum absolute atomic E-state index is 6.06. The van der Waals surface area contributed by atoms with Crippen LogP contribution in [0, 0.1) is 0 Å². The van der Waals surface area contributed by atoms with E-state index in [-0.39, 0.29) is 0 Å². The maximum atomic E-state index is 6.06. The van der Waals surface area contributed by atoms with E-state index in [1.165, 1.54) is 5.56 Å². The molecule has 0 bridgehead atoms. The van der Waals surface area contributed by atoms with Crippen molar-refractivity contribution in [1.82, 2.24) is 0 Å². The molecule has 0 aliphatic heterocycles. The number of hydrogen-bond donors (Lipinski definition) is 1. The van der Waals surface area contributed by atoms with Crippen LogP contribution >= 0.6 is 0 Å². The summed E-state index contributed by atoms with van der Waals surface area (Å²) in [6, 6.07) is 26.7. The summed E-state index contributed by atoms with van der Waals surface area (Å²) in [7, 11) is 0. The van der Waals surface area contributed by atoms with Gasteiger partial charge in [0.05, 0.1) is 18.9 Å². The van der Waals surface area contributed by atoms with Crippen LogP contribution in [0.1, 0.15) is 24.5 Å². The number of para-hydroxylation sites is 3. The Labute approximate surface area is 179 Å². The standard InChI is InChI=1S/C26H31NO3/c1-2-28-19-20-30-25-16-8-6-14-23(25)21-27-24-15-7-9-17-26(24)29-18-10-13-22-11-4-3-5-12-22/h3-9,11-12,14-17,27H,2,10,13,18-21H2,1H3. The molecule has 0 spiro atoms. The van der Waals surface area contributed by atoms with Gasteiger partial charge in [-0.25, -0.2) is 0 Å². The van der Waals surface area contributed by atoms with Crippen LogP contribution < -0.4 is 14.8 Å². The summed E-state index contributed by atoms with van der Waals surface area (Å²) in [6.45, 7) is 5.18. The summed E-state index contributed by atoms with van der Waals surface area (Å²) in [5, 5.41) is 3.49. The van der Waals surface area contributed by atoms with Crippen molar-refractivity contribution in [3.63, 3.8) is 0 Å². The zero-order valence-electron chi connectivity index (χ0n) is 17.7. The molecule has 0 heterocycles. The van der Waals surface area contributed by atoms with Crippen molar-refractivity contribution in [1.29, 1.82) is 0 Å². The number of nitrogens with one attached hydrogen (secondary N) is 1. The molecule has 0 aromatic heterocycles. The van der Waals surface area contributed by atoms with Crippen LogP contribution in [-0.2, 0) is 17.7 Å². The van der Waals surface area contributed by atoms with Crippen molar-refractivity contribution in [2.75, 3.05) is 31.7 Å². The highest BCUT2D eigenvalue weighted by atomic mass is 16.5. The second-order valence-corrected chi connectivity index (χ2v) is 6.94. The van der Waals surface area contributed by atoms with E-state index in [0.717, 1.165) is 35.6 Å². The lowest BCUT2D eigenvalue weighted by Gasteiger charge is -2.15. The van der Waals surface area contributed by atoms with Crippen LogP contribution in [0.15, 0.2) is 78.9 Å². The largest absolute Gasteiger partial charge is 0.491 e. The zero-order valence-corrected chi connectivity index (χ0v) is 17.7. The molecule has 0 saturated carbocycles. The van der Waals surface area contributed by atoms with Crippen molar-refractivity contribution in [3.05, 3.63) is 90.0 Å². The first-order valence-electron chi connectivity index (χ1n) is 10.6. The first-order chi connectivity index (χ1) is 14.9. The number of ether oxygens (including phenoxy) is 3. The monoisotopic (exact) mass is 405 g/mol. The van der Waals surface area contributed by atoms with Crippen molar-refractivity contribution in [2.45, 2.75) is 26.3 Å². The molecule has 0 saturated heterocycles. The second kappa shape index (κ2) is 12.6. The van der Waals surface area contributed by atoms with Crippen molar-refractivity contribution in [2.24, 2.45) is 0 Å². The Morgan fingerprint density at radius 1 is 0.700 bits per heavy atom. The Morgan fingerprint density at radius 3 is 2.23 bits per heavy atom. The lowest BCUT2D eigenvalue weighted by atomic mass is 10.1. The Hall–Kier alpha value is -2.98. The van der Waals surface area contributed by atoms with Crippen molar-refractivity contribution in [3.8, 4) is 11.5 Å². The van der Waals surface area contributed by atoms with Crippen LogP contribution in [0.2, 0.25) is 0 Å². The summed E-state index contributed by atoms with van der Waals surface area (Å²) < 4.78 is 17.3. The first-order valence-corrected chi connectivity index (χ1v) is 10.6. The summed E-state index contributed by atoms with van der Waals surface area (Å²) in [4.78, 5) is 0. The van der Waals surface area contributed by atoms with Gasteiger partial charge in [-0.3, -0.25) is 0 Å². The fourth-order valence-corrected chi connectivity index (χ4v) is 3.18. The van der Waals surface area contributed by atoms with Crippen LogP contribution in [-0.4, -0.2) is 26.4 Å². The minimum absolute atomic E-state index is 0.548. The molecule has 4 nitrogen and oxygen atoms in total. The molecule has 30 heavy (non-hydrogen) atoms.